The third-order valence-electron chi connectivity index (χ3n) is 8.06. The first-order chi connectivity index (χ1) is 12.7. The van der Waals surface area contributed by atoms with E-state index in [-0.39, 0.29) is 22.9 Å². The van der Waals surface area contributed by atoms with Gasteiger partial charge in [-0.2, -0.15) is 0 Å². The molecule has 0 saturated heterocycles. The average molecular weight is 369 g/mol. The van der Waals surface area contributed by atoms with Crippen LogP contribution >= 0.6 is 0 Å². The van der Waals surface area contributed by atoms with E-state index in [9.17, 15) is 5.11 Å². The van der Waals surface area contributed by atoms with Crippen molar-refractivity contribution in [3.63, 3.8) is 0 Å². The number of unbranched alkanes of at least 4 members (excludes halogenated alkanes) is 3. The maximum absolute atomic E-state index is 11.0. The fourth-order valence-corrected chi connectivity index (χ4v) is 6.05. The lowest BCUT2D eigenvalue weighted by Gasteiger charge is -2.61. The molecular weight excluding hydrogens is 332 g/mol. The number of rotatable bonds is 6. The third-order valence-corrected chi connectivity index (χ3v) is 8.06. The predicted molar refractivity (Wildman–Crippen MR) is 112 cm³/mol. The van der Waals surface area contributed by atoms with E-state index in [1.165, 1.54) is 43.2 Å². The fraction of sp³-hybridized carbons (Fsp3) is 0.680. The number of phenols is 1. The molecule has 0 aromatic heterocycles. The first-order valence-corrected chi connectivity index (χ1v) is 10.9. The molecule has 1 N–H and O–H groups in total. The molecule has 0 radical (unpaired) electrons. The van der Waals surface area contributed by atoms with E-state index in [0.717, 1.165) is 17.7 Å². The van der Waals surface area contributed by atoms with E-state index < -0.39 is 0 Å². The second-order valence-corrected chi connectivity index (χ2v) is 10.5. The Morgan fingerprint density at radius 2 is 1.96 bits per heavy atom. The first kappa shape index (κ1) is 18.9. The summed E-state index contributed by atoms with van der Waals surface area (Å²) in [6.45, 7) is 16.0. The highest BCUT2D eigenvalue weighted by atomic mass is 16.5. The Labute approximate surface area is 165 Å². The Morgan fingerprint density at radius 3 is 2.63 bits per heavy atom. The Balaban J connectivity index is 1.62. The Bertz CT molecular complexity index is 758. The molecule has 5 rings (SSSR count). The molecule has 1 aliphatic heterocycles. The van der Waals surface area contributed by atoms with Crippen molar-refractivity contribution < 1.29 is 9.84 Å². The standard InChI is InChI=1S/C25H36O2/c1-7-8-9-10-11-24(3,4)16-12-19(26)22-20(13-16)27-23-15(2)17-14-18(21(22)23)25(17,5)6/h12-13,17-18,21,23,26H,2,7-11,14H2,1,3-6H3/t17-,18+,21+,23+/m1/s1. The van der Waals surface area contributed by atoms with E-state index in [1.807, 2.05) is 6.07 Å². The van der Waals surface area contributed by atoms with Gasteiger partial charge in [-0.15, -0.1) is 0 Å². The summed E-state index contributed by atoms with van der Waals surface area (Å²) in [5, 5.41) is 11.0. The second kappa shape index (κ2) is 6.29. The summed E-state index contributed by atoms with van der Waals surface area (Å²) in [6, 6.07) is 4.23. The monoisotopic (exact) mass is 368 g/mol. The summed E-state index contributed by atoms with van der Waals surface area (Å²) in [6.07, 6.45) is 7.49. The van der Waals surface area contributed by atoms with Crippen molar-refractivity contribution in [2.24, 2.45) is 17.3 Å². The molecule has 1 aromatic carbocycles. The third kappa shape index (κ3) is 2.74. The molecule has 27 heavy (non-hydrogen) atoms. The van der Waals surface area contributed by atoms with Crippen LogP contribution in [0.3, 0.4) is 0 Å². The number of phenolic OH excluding ortho intramolecular Hbond substituents is 1. The van der Waals surface area contributed by atoms with Crippen molar-refractivity contribution in [2.45, 2.75) is 90.6 Å². The highest BCUT2D eigenvalue weighted by molar-refractivity contribution is 5.57. The molecule has 2 heteroatoms. The van der Waals surface area contributed by atoms with Gasteiger partial charge in [0.15, 0.2) is 0 Å². The molecular formula is C25H36O2. The van der Waals surface area contributed by atoms with Gasteiger partial charge in [-0.05, 0) is 58.8 Å². The molecule has 1 heterocycles. The van der Waals surface area contributed by atoms with Crippen LogP contribution in [0.4, 0.5) is 0 Å². The van der Waals surface area contributed by atoms with Crippen LogP contribution in [-0.4, -0.2) is 11.2 Å². The number of hydrogen-bond acceptors (Lipinski definition) is 2. The Hall–Kier alpha value is -1.44. The second-order valence-electron chi connectivity index (χ2n) is 10.5. The van der Waals surface area contributed by atoms with Crippen LogP contribution in [0.15, 0.2) is 24.3 Å². The summed E-state index contributed by atoms with van der Waals surface area (Å²) in [5.74, 6) is 2.76. The van der Waals surface area contributed by atoms with E-state index >= 15 is 0 Å². The zero-order chi connectivity index (χ0) is 19.6. The molecule has 0 spiro atoms. The maximum atomic E-state index is 11.0. The van der Waals surface area contributed by atoms with Gasteiger partial charge < -0.3 is 9.84 Å². The molecule has 0 amide bonds. The molecule has 3 fully saturated rings. The average Bonchev–Trinajstić information content (AvgIpc) is 2.99. The molecule has 2 nitrogen and oxygen atoms in total. The summed E-state index contributed by atoms with van der Waals surface area (Å²) in [4.78, 5) is 0. The van der Waals surface area contributed by atoms with Crippen LogP contribution < -0.4 is 4.74 Å². The van der Waals surface area contributed by atoms with Gasteiger partial charge in [-0.3, -0.25) is 0 Å². The molecule has 1 aromatic rings. The Morgan fingerprint density at radius 1 is 1.22 bits per heavy atom. The fourth-order valence-electron chi connectivity index (χ4n) is 6.05. The molecule has 4 atom stereocenters. The van der Waals surface area contributed by atoms with Gasteiger partial charge in [-0.1, -0.05) is 66.9 Å². The smallest absolute Gasteiger partial charge is 0.127 e. The lowest BCUT2D eigenvalue weighted by atomic mass is 9.43. The van der Waals surface area contributed by atoms with Gasteiger partial charge in [0.25, 0.3) is 0 Å². The Kier molecular flexibility index (Phi) is 4.40. The molecule has 0 unspecified atom stereocenters. The van der Waals surface area contributed by atoms with Crippen molar-refractivity contribution in [1.29, 1.82) is 0 Å². The number of fused-ring (bicyclic) bond motifs is 1. The minimum absolute atomic E-state index is 0.0514. The van der Waals surface area contributed by atoms with E-state index in [0.29, 0.717) is 17.6 Å². The maximum Gasteiger partial charge on any atom is 0.127 e. The highest BCUT2D eigenvalue weighted by Crippen LogP contribution is 2.69. The van der Waals surface area contributed by atoms with Crippen LogP contribution in [0.5, 0.6) is 11.5 Å². The summed E-state index contributed by atoms with van der Waals surface area (Å²) >= 11 is 0. The normalized spacial score (nSPS) is 30.3. The van der Waals surface area contributed by atoms with Crippen LogP contribution in [0, 0.1) is 17.3 Å². The van der Waals surface area contributed by atoms with E-state index in [2.05, 4.69) is 47.3 Å². The zero-order valence-corrected chi connectivity index (χ0v) is 17.8. The summed E-state index contributed by atoms with van der Waals surface area (Å²) in [7, 11) is 0. The number of benzene rings is 1. The predicted octanol–water partition coefficient (Wildman–Crippen LogP) is 6.72. The van der Waals surface area contributed by atoms with Crippen molar-refractivity contribution in [2.75, 3.05) is 0 Å². The molecule has 148 valence electrons. The minimum Gasteiger partial charge on any atom is -0.508 e. The van der Waals surface area contributed by atoms with Crippen molar-refractivity contribution in [3.8, 4) is 11.5 Å². The molecule has 4 aliphatic rings. The quantitative estimate of drug-likeness (QED) is 0.446. The van der Waals surface area contributed by atoms with Gasteiger partial charge in [-0.25, -0.2) is 0 Å². The molecule has 3 saturated carbocycles. The highest BCUT2D eigenvalue weighted by Gasteiger charge is 2.63. The SMILES string of the molecule is C=C1[C@H]2C[C@@H]([C@H]3c4c(O)cc(C(C)(C)CCCCCC)cc4O[C@@H]13)C2(C)C. The molecule has 2 bridgehead atoms. The molecule has 3 aliphatic carbocycles. The van der Waals surface area contributed by atoms with Crippen LogP contribution in [0.25, 0.3) is 0 Å². The van der Waals surface area contributed by atoms with Crippen LogP contribution in [-0.2, 0) is 5.41 Å². The minimum atomic E-state index is 0.0514. The number of aromatic hydroxyl groups is 1. The van der Waals surface area contributed by atoms with Gasteiger partial charge in [0.1, 0.15) is 17.6 Å². The zero-order valence-electron chi connectivity index (χ0n) is 17.8. The van der Waals surface area contributed by atoms with Gasteiger partial charge in [0.05, 0.1) is 0 Å². The van der Waals surface area contributed by atoms with Crippen LogP contribution in [0.2, 0.25) is 0 Å². The van der Waals surface area contributed by atoms with Crippen molar-refractivity contribution >= 4 is 0 Å². The largest absolute Gasteiger partial charge is 0.508 e. The van der Waals surface area contributed by atoms with Gasteiger partial charge in [0.2, 0.25) is 0 Å². The lowest BCUT2D eigenvalue weighted by Crippen LogP contribution is -2.57. The van der Waals surface area contributed by atoms with E-state index in [4.69, 9.17) is 4.74 Å². The summed E-state index contributed by atoms with van der Waals surface area (Å²) < 4.78 is 6.42. The van der Waals surface area contributed by atoms with Gasteiger partial charge >= 0.3 is 0 Å². The number of hydrogen-bond donors (Lipinski definition) is 1. The number of ether oxygens (including phenoxy) is 1. The van der Waals surface area contributed by atoms with Gasteiger partial charge in [0, 0.05) is 11.5 Å². The summed E-state index contributed by atoms with van der Waals surface area (Å²) in [5.41, 5.74) is 3.81. The van der Waals surface area contributed by atoms with E-state index in [1.54, 1.807) is 0 Å². The topological polar surface area (TPSA) is 29.5 Å². The first-order valence-electron chi connectivity index (χ1n) is 10.9. The van der Waals surface area contributed by atoms with Crippen molar-refractivity contribution in [1.82, 2.24) is 0 Å². The van der Waals surface area contributed by atoms with Crippen LogP contribution in [0.1, 0.15) is 90.2 Å². The van der Waals surface area contributed by atoms with Crippen molar-refractivity contribution in [3.05, 3.63) is 35.4 Å². The lowest BCUT2D eigenvalue weighted by molar-refractivity contribution is -0.0727.